The van der Waals surface area contributed by atoms with Gasteiger partial charge in [-0.3, -0.25) is 14.9 Å². The maximum Gasteiger partial charge on any atom is 0.257 e. The summed E-state index contributed by atoms with van der Waals surface area (Å²) < 4.78 is 5.74. The van der Waals surface area contributed by atoms with Crippen LogP contribution in [-0.2, 0) is 5.41 Å². The van der Waals surface area contributed by atoms with E-state index in [1.54, 1.807) is 48.5 Å². The highest BCUT2D eigenvalue weighted by molar-refractivity contribution is 7.80. The second kappa shape index (κ2) is 11.8. The molecule has 0 spiro atoms. The number of carbonyl (C=O) groups excluding carboxylic acids is 2. The molecule has 0 radical (unpaired) electrons. The van der Waals surface area contributed by atoms with Crippen molar-refractivity contribution in [2.24, 2.45) is 0 Å². The van der Waals surface area contributed by atoms with Crippen LogP contribution in [0.3, 0.4) is 0 Å². The van der Waals surface area contributed by atoms with E-state index in [4.69, 9.17) is 17.0 Å². The average Bonchev–Trinajstić information content (AvgIpc) is 2.85. The summed E-state index contributed by atoms with van der Waals surface area (Å²) in [6.45, 7) is 10.5. The van der Waals surface area contributed by atoms with Gasteiger partial charge in [0.15, 0.2) is 5.11 Å². The third-order valence-electron chi connectivity index (χ3n) is 5.67. The van der Waals surface area contributed by atoms with Gasteiger partial charge in [0.05, 0.1) is 6.10 Å². The van der Waals surface area contributed by atoms with Gasteiger partial charge in [0, 0.05) is 22.5 Å². The van der Waals surface area contributed by atoms with Crippen LogP contribution in [0.4, 0.5) is 11.4 Å². The molecule has 188 valence electrons. The summed E-state index contributed by atoms with van der Waals surface area (Å²) in [7, 11) is 0. The first-order valence-electron chi connectivity index (χ1n) is 12.0. The van der Waals surface area contributed by atoms with Crippen molar-refractivity contribution in [3.05, 3.63) is 89.5 Å². The second-order valence-corrected chi connectivity index (χ2v) is 10.0. The summed E-state index contributed by atoms with van der Waals surface area (Å²) in [6.07, 6.45) is 1.02. The molecule has 1 unspecified atom stereocenters. The Morgan fingerprint density at radius 1 is 0.806 bits per heavy atom. The largest absolute Gasteiger partial charge is 0.491 e. The monoisotopic (exact) mass is 503 g/mol. The Balaban J connectivity index is 1.51. The molecule has 0 aliphatic carbocycles. The van der Waals surface area contributed by atoms with E-state index in [-0.39, 0.29) is 28.4 Å². The van der Waals surface area contributed by atoms with Crippen LogP contribution >= 0.6 is 12.2 Å². The van der Waals surface area contributed by atoms with Crippen molar-refractivity contribution in [2.75, 3.05) is 10.6 Å². The number of thiocarbonyl (C=S) groups is 1. The highest BCUT2D eigenvalue weighted by Crippen LogP contribution is 2.23. The highest BCUT2D eigenvalue weighted by Gasteiger charge is 2.14. The number of benzene rings is 3. The van der Waals surface area contributed by atoms with Crippen LogP contribution in [0.5, 0.6) is 5.75 Å². The molecule has 0 aromatic heterocycles. The van der Waals surface area contributed by atoms with Crippen molar-refractivity contribution in [3.8, 4) is 5.75 Å². The van der Waals surface area contributed by atoms with Crippen molar-refractivity contribution in [2.45, 2.75) is 52.6 Å². The topological polar surface area (TPSA) is 79.5 Å². The molecule has 1 atom stereocenters. The van der Waals surface area contributed by atoms with Gasteiger partial charge in [0.25, 0.3) is 11.8 Å². The number of nitrogens with one attached hydrogen (secondary N) is 3. The number of amides is 2. The molecule has 3 aromatic carbocycles. The number of hydrogen-bond donors (Lipinski definition) is 3. The number of hydrogen-bond acceptors (Lipinski definition) is 4. The van der Waals surface area contributed by atoms with Gasteiger partial charge in [-0.15, -0.1) is 0 Å². The molecule has 0 saturated carbocycles. The van der Waals surface area contributed by atoms with Crippen molar-refractivity contribution in [1.29, 1.82) is 0 Å². The first-order chi connectivity index (χ1) is 17.0. The van der Waals surface area contributed by atoms with Gasteiger partial charge in [-0.25, -0.2) is 0 Å². The average molecular weight is 504 g/mol. The summed E-state index contributed by atoms with van der Waals surface area (Å²) in [5, 5.41) is 8.72. The lowest BCUT2D eigenvalue weighted by Crippen LogP contribution is -2.34. The maximum absolute atomic E-state index is 12.6. The molecular formula is C29H33N3O3S. The molecule has 0 bridgehead atoms. The molecular weight excluding hydrogens is 470 g/mol. The Morgan fingerprint density at radius 3 is 1.83 bits per heavy atom. The van der Waals surface area contributed by atoms with E-state index in [2.05, 4.69) is 43.6 Å². The summed E-state index contributed by atoms with van der Waals surface area (Å²) in [5.41, 5.74) is 3.61. The fourth-order valence-corrected chi connectivity index (χ4v) is 3.51. The van der Waals surface area contributed by atoms with Crippen molar-refractivity contribution >= 4 is 40.5 Å². The Kier molecular flexibility index (Phi) is 8.83. The summed E-state index contributed by atoms with van der Waals surface area (Å²) >= 11 is 5.28. The van der Waals surface area contributed by atoms with Crippen LogP contribution < -0.4 is 20.7 Å². The lowest BCUT2D eigenvalue weighted by Gasteiger charge is -2.19. The Bertz CT molecular complexity index is 1200. The van der Waals surface area contributed by atoms with Gasteiger partial charge < -0.3 is 15.4 Å². The maximum atomic E-state index is 12.6. The smallest absolute Gasteiger partial charge is 0.257 e. The lowest BCUT2D eigenvalue weighted by atomic mass is 9.87. The zero-order chi connectivity index (χ0) is 26.3. The molecule has 7 heteroatoms. The van der Waals surface area contributed by atoms with Crippen LogP contribution in [0.25, 0.3) is 0 Å². The minimum atomic E-state index is -0.316. The molecule has 3 rings (SSSR count). The Hall–Kier alpha value is -3.71. The number of carbonyl (C=O) groups is 2. The van der Waals surface area contributed by atoms with E-state index in [0.29, 0.717) is 22.5 Å². The number of anilines is 2. The number of ether oxygens (including phenoxy) is 1. The predicted octanol–water partition coefficient (Wildman–Crippen LogP) is 6.54. The zero-order valence-electron chi connectivity index (χ0n) is 21.3. The standard InChI is InChI=1S/C29H33N3O3S/c1-6-19(2)35-25-17-9-21(10-18-25)27(34)32-28(36)31-24-15-13-23(14-16-24)30-26(33)20-7-11-22(12-8-20)29(3,4)5/h7-19H,6H2,1-5H3,(H,30,33)(H2,31,32,34,36). The summed E-state index contributed by atoms with van der Waals surface area (Å²) in [5.74, 6) is 0.221. The SMILES string of the molecule is CCC(C)Oc1ccc(C(=O)NC(=S)Nc2ccc(NC(=O)c3ccc(C(C)(C)C)cc3)cc2)cc1. The molecule has 6 nitrogen and oxygen atoms in total. The first kappa shape index (κ1) is 26.9. The third kappa shape index (κ3) is 7.65. The van der Waals surface area contributed by atoms with Crippen molar-refractivity contribution in [1.82, 2.24) is 5.32 Å². The summed E-state index contributed by atoms with van der Waals surface area (Å²) in [6, 6.07) is 21.6. The molecule has 0 heterocycles. The van der Waals surface area contributed by atoms with E-state index < -0.39 is 0 Å². The van der Waals surface area contributed by atoms with Crippen LogP contribution in [0.15, 0.2) is 72.8 Å². The minimum Gasteiger partial charge on any atom is -0.491 e. The fraction of sp³-hybridized carbons (Fsp3) is 0.276. The first-order valence-corrected chi connectivity index (χ1v) is 12.4. The van der Waals surface area contributed by atoms with Gasteiger partial charge in [0.2, 0.25) is 0 Å². The van der Waals surface area contributed by atoms with Gasteiger partial charge >= 0.3 is 0 Å². The number of rotatable bonds is 7. The molecule has 0 fully saturated rings. The van der Waals surface area contributed by atoms with Crippen molar-refractivity contribution < 1.29 is 14.3 Å². The molecule has 3 N–H and O–H groups in total. The van der Waals surface area contributed by atoms with Crippen molar-refractivity contribution in [3.63, 3.8) is 0 Å². The normalized spacial score (nSPS) is 11.8. The predicted molar refractivity (Wildman–Crippen MR) is 150 cm³/mol. The van der Waals surface area contributed by atoms with E-state index >= 15 is 0 Å². The van der Waals surface area contributed by atoms with Gasteiger partial charge in [-0.2, -0.15) is 0 Å². The van der Waals surface area contributed by atoms with Gasteiger partial charge in [-0.1, -0.05) is 39.8 Å². The Labute approximate surface area is 218 Å². The summed E-state index contributed by atoms with van der Waals surface area (Å²) in [4.78, 5) is 25.1. The van der Waals surface area contributed by atoms with E-state index in [9.17, 15) is 9.59 Å². The van der Waals surface area contributed by atoms with Crippen LogP contribution in [0.1, 0.15) is 67.3 Å². The zero-order valence-corrected chi connectivity index (χ0v) is 22.2. The van der Waals surface area contributed by atoms with Gasteiger partial charge in [0.1, 0.15) is 5.75 Å². The van der Waals surface area contributed by atoms with Crippen LogP contribution in [-0.4, -0.2) is 23.0 Å². The molecule has 0 aliphatic rings. The fourth-order valence-electron chi connectivity index (χ4n) is 3.30. The van der Waals surface area contributed by atoms with Crippen LogP contribution in [0, 0.1) is 0 Å². The van der Waals surface area contributed by atoms with E-state index in [1.165, 1.54) is 5.56 Å². The Morgan fingerprint density at radius 2 is 1.31 bits per heavy atom. The van der Waals surface area contributed by atoms with Gasteiger partial charge in [-0.05, 0) is 97.2 Å². The molecule has 0 saturated heterocycles. The quantitative estimate of drug-likeness (QED) is 0.319. The van der Waals surface area contributed by atoms with E-state index in [0.717, 1.165) is 12.2 Å². The third-order valence-corrected chi connectivity index (χ3v) is 5.87. The highest BCUT2D eigenvalue weighted by atomic mass is 32.1. The van der Waals surface area contributed by atoms with Crippen LogP contribution in [0.2, 0.25) is 0 Å². The molecule has 3 aromatic rings. The second-order valence-electron chi connectivity index (χ2n) is 9.63. The minimum absolute atomic E-state index is 0.0323. The molecule has 2 amide bonds. The molecule has 36 heavy (non-hydrogen) atoms. The van der Waals surface area contributed by atoms with E-state index in [1.807, 2.05) is 31.2 Å². The molecule has 0 aliphatic heterocycles. The lowest BCUT2D eigenvalue weighted by molar-refractivity contribution is 0.0976.